The maximum Gasteiger partial charge on any atom is 0.230 e. The van der Waals surface area contributed by atoms with Gasteiger partial charge < -0.3 is 0 Å². The van der Waals surface area contributed by atoms with Gasteiger partial charge in [0, 0.05) is 19.5 Å². The summed E-state index contributed by atoms with van der Waals surface area (Å²) in [5, 5.41) is 18.7. The summed E-state index contributed by atoms with van der Waals surface area (Å²) in [6.07, 6.45) is 4.44. The smallest absolute Gasteiger partial charge is 0.230 e. The Bertz CT molecular complexity index is 828. The Kier molecular flexibility index (Phi) is 4.33. The van der Waals surface area contributed by atoms with E-state index in [2.05, 4.69) is 16.3 Å². The van der Waals surface area contributed by atoms with Gasteiger partial charge in [0.25, 0.3) is 0 Å². The van der Waals surface area contributed by atoms with E-state index in [1.807, 2.05) is 18.5 Å². The predicted octanol–water partition coefficient (Wildman–Crippen LogP) is 2.55. The molecule has 126 valence electrons. The molecule has 0 fully saturated rings. The van der Waals surface area contributed by atoms with Crippen molar-refractivity contribution in [3.05, 3.63) is 22.5 Å². The van der Waals surface area contributed by atoms with E-state index in [-0.39, 0.29) is 11.8 Å². The van der Waals surface area contributed by atoms with Crippen molar-refractivity contribution in [3.63, 3.8) is 0 Å². The van der Waals surface area contributed by atoms with E-state index in [9.17, 15) is 10.1 Å². The Morgan fingerprint density at radius 3 is 2.83 bits per heavy atom. The van der Waals surface area contributed by atoms with Gasteiger partial charge in [-0.05, 0) is 19.3 Å². The van der Waals surface area contributed by atoms with Crippen molar-refractivity contribution in [1.82, 2.24) is 19.6 Å². The van der Waals surface area contributed by atoms with Crippen LogP contribution in [0.5, 0.6) is 0 Å². The third kappa shape index (κ3) is 2.57. The Morgan fingerprint density at radius 2 is 2.21 bits per heavy atom. The molecule has 2 aromatic rings. The molecule has 24 heavy (non-hydrogen) atoms. The highest BCUT2D eigenvalue weighted by Gasteiger charge is 2.27. The Hall–Kier alpha value is -2.33. The normalized spacial score (nSPS) is 13.7. The molecule has 0 saturated heterocycles. The lowest BCUT2D eigenvalue weighted by Gasteiger charge is -2.20. The monoisotopic (exact) mass is 346 g/mol. The second kappa shape index (κ2) is 6.29. The number of anilines is 1. The number of carbonyl (C=O) groups is 1. The SMILES string of the molecule is CC(C)C(=O)N(C)c1c(C#N)cnn1-c1nn2c(c1Cl)CCCC2. The first-order valence-corrected chi connectivity index (χ1v) is 8.34. The molecule has 0 aliphatic carbocycles. The van der Waals surface area contributed by atoms with Gasteiger partial charge in [-0.25, -0.2) is 0 Å². The van der Waals surface area contributed by atoms with Crippen LogP contribution >= 0.6 is 11.6 Å². The zero-order chi connectivity index (χ0) is 17.4. The Morgan fingerprint density at radius 1 is 1.46 bits per heavy atom. The lowest BCUT2D eigenvalue weighted by Crippen LogP contribution is -2.32. The largest absolute Gasteiger partial charge is 0.298 e. The van der Waals surface area contributed by atoms with Gasteiger partial charge >= 0.3 is 0 Å². The highest BCUT2D eigenvalue weighted by molar-refractivity contribution is 6.33. The molecule has 0 bridgehead atoms. The summed E-state index contributed by atoms with van der Waals surface area (Å²) in [6, 6.07) is 2.09. The zero-order valence-corrected chi connectivity index (χ0v) is 14.7. The van der Waals surface area contributed by atoms with Crippen molar-refractivity contribution in [1.29, 1.82) is 5.26 Å². The van der Waals surface area contributed by atoms with Crippen molar-refractivity contribution in [3.8, 4) is 11.9 Å². The first kappa shape index (κ1) is 16.5. The molecule has 0 unspecified atom stereocenters. The van der Waals surface area contributed by atoms with Gasteiger partial charge in [0.1, 0.15) is 16.7 Å². The van der Waals surface area contributed by atoms with Gasteiger partial charge in [-0.15, -0.1) is 0 Å². The number of carbonyl (C=O) groups excluding carboxylic acids is 1. The van der Waals surface area contributed by atoms with E-state index >= 15 is 0 Å². The highest BCUT2D eigenvalue weighted by atomic mass is 35.5. The standard InChI is InChI=1S/C16H19ClN6O/c1-10(2)16(24)21(3)15-11(8-18)9-19-23(15)14-13(17)12-6-4-5-7-22(12)20-14/h9-10H,4-7H2,1-3H3. The molecule has 1 amide bonds. The molecule has 0 atom stereocenters. The van der Waals surface area contributed by atoms with E-state index in [0.29, 0.717) is 22.2 Å². The van der Waals surface area contributed by atoms with E-state index in [1.54, 1.807) is 7.05 Å². The fourth-order valence-electron chi connectivity index (χ4n) is 2.96. The fraction of sp³-hybridized carbons (Fsp3) is 0.500. The van der Waals surface area contributed by atoms with Crippen LogP contribution in [0.15, 0.2) is 6.20 Å². The minimum absolute atomic E-state index is 0.103. The third-order valence-corrected chi connectivity index (χ3v) is 4.60. The molecule has 7 nitrogen and oxygen atoms in total. The molecule has 2 aromatic heterocycles. The number of fused-ring (bicyclic) bond motifs is 1. The maximum atomic E-state index is 12.4. The molecule has 0 spiro atoms. The van der Waals surface area contributed by atoms with E-state index in [4.69, 9.17) is 11.6 Å². The van der Waals surface area contributed by atoms with Crippen LogP contribution in [0.3, 0.4) is 0 Å². The second-order valence-electron chi connectivity index (χ2n) is 6.22. The summed E-state index contributed by atoms with van der Waals surface area (Å²) in [5.74, 6) is 0.561. The first-order chi connectivity index (χ1) is 11.5. The number of nitriles is 1. The van der Waals surface area contributed by atoms with Crippen molar-refractivity contribution in [2.75, 3.05) is 11.9 Å². The number of rotatable bonds is 3. The number of hydrogen-bond acceptors (Lipinski definition) is 4. The Labute approximate surface area is 145 Å². The molecule has 0 saturated carbocycles. The number of halogens is 1. The molecule has 3 heterocycles. The topological polar surface area (TPSA) is 79.7 Å². The third-order valence-electron chi connectivity index (χ3n) is 4.22. The van der Waals surface area contributed by atoms with Crippen LogP contribution < -0.4 is 4.90 Å². The number of nitrogens with zero attached hydrogens (tertiary/aromatic N) is 6. The van der Waals surface area contributed by atoms with Crippen LogP contribution in [0.2, 0.25) is 5.02 Å². The summed E-state index contributed by atoms with van der Waals surface area (Å²) in [5.41, 5.74) is 1.30. The van der Waals surface area contributed by atoms with Crippen LogP contribution in [-0.4, -0.2) is 32.5 Å². The summed E-state index contributed by atoms with van der Waals surface area (Å²) in [7, 11) is 1.64. The molecular weight excluding hydrogens is 328 g/mol. The van der Waals surface area contributed by atoms with Gasteiger partial charge in [0.2, 0.25) is 5.91 Å². The summed E-state index contributed by atoms with van der Waals surface area (Å²) < 4.78 is 3.38. The summed E-state index contributed by atoms with van der Waals surface area (Å²) >= 11 is 6.52. The molecular formula is C16H19ClN6O. The second-order valence-corrected chi connectivity index (χ2v) is 6.60. The van der Waals surface area contributed by atoms with Gasteiger partial charge in [-0.1, -0.05) is 25.4 Å². The van der Waals surface area contributed by atoms with Crippen LogP contribution in [0.25, 0.3) is 5.82 Å². The van der Waals surface area contributed by atoms with Gasteiger partial charge in [-0.2, -0.15) is 20.1 Å². The highest BCUT2D eigenvalue weighted by Crippen LogP contribution is 2.32. The van der Waals surface area contributed by atoms with Crippen molar-refractivity contribution in [2.24, 2.45) is 5.92 Å². The average Bonchev–Trinajstić information content (AvgIpc) is 3.14. The van der Waals surface area contributed by atoms with E-state index < -0.39 is 0 Å². The quantitative estimate of drug-likeness (QED) is 0.855. The fourth-order valence-corrected chi connectivity index (χ4v) is 3.27. The number of hydrogen-bond donors (Lipinski definition) is 0. The minimum atomic E-state index is -0.199. The van der Waals surface area contributed by atoms with Gasteiger partial charge in [0.15, 0.2) is 11.6 Å². The molecule has 8 heteroatoms. The predicted molar refractivity (Wildman–Crippen MR) is 90.3 cm³/mol. The average molecular weight is 347 g/mol. The van der Waals surface area contributed by atoms with Crippen LogP contribution in [-0.2, 0) is 17.8 Å². The van der Waals surface area contributed by atoms with E-state index in [1.165, 1.54) is 15.8 Å². The van der Waals surface area contributed by atoms with Crippen molar-refractivity contribution < 1.29 is 4.79 Å². The van der Waals surface area contributed by atoms with Crippen LogP contribution in [0.1, 0.15) is 37.9 Å². The molecule has 1 aliphatic heterocycles. The number of aromatic nitrogens is 4. The lowest BCUT2D eigenvalue weighted by atomic mass is 10.1. The van der Waals surface area contributed by atoms with E-state index in [0.717, 1.165) is 31.5 Å². The molecule has 0 N–H and O–H groups in total. The molecule has 0 aromatic carbocycles. The summed E-state index contributed by atoms with van der Waals surface area (Å²) in [4.78, 5) is 13.8. The van der Waals surface area contributed by atoms with Gasteiger partial charge in [0.05, 0.1) is 11.9 Å². The zero-order valence-electron chi connectivity index (χ0n) is 14.0. The van der Waals surface area contributed by atoms with Crippen molar-refractivity contribution in [2.45, 2.75) is 39.7 Å². The minimum Gasteiger partial charge on any atom is -0.298 e. The molecule has 1 aliphatic rings. The van der Waals surface area contributed by atoms with Crippen molar-refractivity contribution >= 4 is 23.3 Å². The number of aryl methyl sites for hydroxylation is 1. The maximum absolute atomic E-state index is 12.4. The first-order valence-electron chi connectivity index (χ1n) is 7.97. The van der Waals surface area contributed by atoms with Crippen LogP contribution in [0, 0.1) is 17.2 Å². The van der Waals surface area contributed by atoms with Gasteiger partial charge in [-0.3, -0.25) is 14.4 Å². The lowest BCUT2D eigenvalue weighted by molar-refractivity contribution is -0.121. The molecule has 3 rings (SSSR count). The Balaban J connectivity index is 2.13. The number of amides is 1. The summed E-state index contributed by atoms with van der Waals surface area (Å²) in [6.45, 7) is 4.44. The molecule has 0 radical (unpaired) electrons. The van der Waals surface area contributed by atoms with Crippen LogP contribution in [0.4, 0.5) is 5.82 Å².